The van der Waals surface area contributed by atoms with Crippen molar-refractivity contribution >= 4 is 35.2 Å². The molecular formula is C16H11NO4S. The van der Waals surface area contributed by atoms with Gasteiger partial charge in [0.2, 0.25) is 5.90 Å². The Hall–Kier alpha value is -2.73. The van der Waals surface area contributed by atoms with Gasteiger partial charge in [0.15, 0.2) is 5.70 Å². The number of hydrogen-bond acceptors (Lipinski definition) is 6. The van der Waals surface area contributed by atoms with Crippen molar-refractivity contribution in [3.63, 3.8) is 0 Å². The van der Waals surface area contributed by atoms with Gasteiger partial charge in [-0.2, -0.15) is 0 Å². The highest BCUT2D eigenvalue weighted by atomic mass is 32.1. The van der Waals surface area contributed by atoms with Crippen molar-refractivity contribution in [3.05, 3.63) is 57.9 Å². The van der Waals surface area contributed by atoms with Crippen LogP contribution >= 0.6 is 11.3 Å². The van der Waals surface area contributed by atoms with Crippen LogP contribution in [0.3, 0.4) is 0 Å². The average molecular weight is 313 g/mol. The van der Waals surface area contributed by atoms with Gasteiger partial charge in [0, 0.05) is 17.4 Å². The van der Waals surface area contributed by atoms with Crippen LogP contribution in [0.1, 0.15) is 17.4 Å². The van der Waals surface area contributed by atoms with E-state index in [0.717, 1.165) is 4.88 Å². The van der Waals surface area contributed by atoms with Crippen LogP contribution < -0.4 is 4.74 Å². The maximum Gasteiger partial charge on any atom is 0.363 e. The predicted octanol–water partition coefficient (Wildman–Crippen LogP) is 3.02. The summed E-state index contributed by atoms with van der Waals surface area (Å²) >= 11 is 1.51. The van der Waals surface area contributed by atoms with E-state index in [1.165, 1.54) is 18.3 Å². The summed E-state index contributed by atoms with van der Waals surface area (Å²) in [5.74, 6) is -0.205. The maximum atomic E-state index is 11.8. The second-order valence-electron chi connectivity index (χ2n) is 4.47. The number of rotatable bonds is 3. The van der Waals surface area contributed by atoms with Crippen molar-refractivity contribution in [2.24, 2.45) is 4.99 Å². The molecule has 110 valence electrons. The molecule has 0 amide bonds. The van der Waals surface area contributed by atoms with Gasteiger partial charge in [0.05, 0.1) is 0 Å². The molecule has 0 spiro atoms. The van der Waals surface area contributed by atoms with E-state index >= 15 is 0 Å². The van der Waals surface area contributed by atoms with E-state index < -0.39 is 11.9 Å². The van der Waals surface area contributed by atoms with Gasteiger partial charge in [-0.15, -0.1) is 11.3 Å². The quantitative estimate of drug-likeness (QED) is 0.496. The Bertz CT molecular complexity index is 773. The van der Waals surface area contributed by atoms with Gasteiger partial charge >= 0.3 is 11.9 Å². The fourth-order valence-electron chi connectivity index (χ4n) is 1.87. The minimum atomic E-state index is -0.479. The summed E-state index contributed by atoms with van der Waals surface area (Å²) in [4.78, 5) is 27.8. The van der Waals surface area contributed by atoms with E-state index in [2.05, 4.69) is 4.99 Å². The van der Waals surface area contributed by atoms with Gasteiger partial charge in [-0.1, -0.05) is 6.07 Å². The van der Waals surface area contributed by atoms with Crippen LogP contribution in [0, 0.1) is 0 Å². The number of carbonyl (C=O) groups excluding carboxylic acids is 2. The molecule has 0 aliphatic carbocycles. The van der Waals surface area contributed by atoms with Gasteiger partial charge in [0.25, 0.3) is 0 Å². The van der Waals surface area contributed by atoms with Crippen LogP contribution in [0.25, 0.3) is 6.08 Å². The molecule has 0 N–H and O–H groups in total. The van der Waals surface area contributed by atoms with Gasteiger partial charge in [-0.05, 0) is 41.8 Å². The average Bonchev–Trinajstić information content (AvgIpc) is 3.10. The van der Waals surface area contributed by atoms with Crippen LogP contribution in [-0.4, -0.2) is 17.8 Å². The topological polar surface area (TPSA) is 65.0 Å². The highest BCUT2D eigenvalue weighted by Crippen LogP contribution is 2.22. The number of esters is 2. The van der Waals surface area contributed by atoms with Crippen LogP contribution in [0.4, 0.5) is 0 Å². The van der Waals surface area contributed by atoms with Gasteiger partial charge in [-0.25, -0.2) is 9.79 Å². The molecule has 5 nitrogen and oxygen atoms in total. The van der Waals surface area contributed by atoms with E-state index in [1.54, 1.807) is 30.3 Å². The molecule has 0 radical (unpaired) electrons. The Morgan fingerprint density at radius 1 is 1.27 bits per heavy atom. The lowest BCUT2D eigenvalue weighted by molar-refractivity contribution is -0.132. The molecule has 1 aliphatic rings. The third kappa shape index (κ3) is 3.12. The summed E-state index contributed by atoms with van der Waals surface area (Å²) in [6, 6.07) is 10.4. The molecule has 1 aromatic heterocycles. The number of cyclic esters (lactones) is 1. The molecule has 1 aromatic carbocycles. The van der Waals surface area contributed by atoms with Crippen molar-refractivity contribution in [2.45, 2.75) is 6.92 Å². The summed E-state index contributed by atoms with van der Waals surface area (Å²) < 4.78 is 10.1. The Morgan fingerprint density at radius 2 is 2.05 bits per heavy atom. The van der Waals surface area contributed by atoms with E-state index in [4.69, 9.17) is 9.47 Å². The van der Waals surface area contributed by atoms with Crippen molar-refractivity contribution in [3.8, 4) is 5.75 Å². The summed E-state index contributed by atoms with van der Waals surface area (Å²) in [6.45, 7) is 1.33. The molecule has 2 aromatic rings. The number of benzene rings is 1. The Kier molecular flexibility index (Phi) is 3.84. The standard InChI is InChI=1S/C16H11NO4S/c1-10(18)20-12-6-4-11(5-7-12)15-17-14(16(19)21-15)9-13-3-2-8-22-13/h2-9H,1H3. The molecule has 0 atom stereocenters. The molecule has 0 unspecified atom stereocenters. The lowest BCUT2D eigenvalue weighted by Gasteiger charge is -2.02. The minimum absolute atomic E-state index is 0.238. The molecule has 0 saturated heterocycles. The number of aliphatic imine (C=N–C) groups is 1. The molecule has 1 aliphatic heterocycles. The first kappa shape index (κ1) is 14.2. The lowest BCUT2D eigenvalue weighted by atomic mass is 10.2. The zero-order valence-corrected chi connectivity index (χ0v) is 12.4. The zero-order valence-electron chi connectivity index (χ0n) is 11.6. The lowest BCUT2D eigenvalue weighted by Crippen LogP contribution is -2.06. The first-order valence-corrected chi connectivity index (χ1v) is 7.35. The third-order valence-corrected chi connectivity index (χ3v) is 3.62. The second-order valence-corrected chi connectivity index (χ2v) is 5.45. The Morgan fingerprint density at radius 3 is 2.68 bits per heavy atom. The van der Waals surface area contributed by atoms with Gasteiger partial charge in [0.1, 0.15) is 5.75 Å². The molecule has 2 heterocycles. The van der Waals surface area contributed by atoms with Crippen LogP contribution in [-0.2, 0) is 14.3 Å². The first-order chi connectivity index (χ1) is 10.6. The number of ether oxygens (including phenoxy) is 2. The Balaban J connectivity index is 1.83. The first-order valence-electron chi connectivity index (χ1n) is 6.47. The van der Waals surface area contributed by atoms with E-state index in [1.807, 2.05) is 17.5 Å². The molecule has 3 rings (SSSR count). The smallest absolute Gasteiger partial charge is 0.363 e. The number of carbonyl (C=O) groups is 2. The fourth-order valence-corrected chi connectivity index (χ4v) is 2.52. The molecule has 22 heavy (non-hydrogen) atoms. The van der Waals surface area contributed by atoms with E-state index in [-0.39, 0.29) is 11.6 Å². The van der Waals surface area contributed by atoms with E-state index in [9.17, 15) is 9.59 Å². The van der Waals surface area contributed by atoms with Crippen LogP contribution in [0.5, 0.6) is 5.75 Å². The largest absolute Gasteiger partial charge is 0.427 e. The normalized spacial score (nSPS) is 15.6. The van der Waals surface area contributed by atoms with Crippen molar-refractivity contribution in [1.82, 2.24) is 0 Å². The summed E-state index contributed by atoms with van der Waals surface area (Å²) in [5.41, 5.74) is 0.903. The molecule has 0 bridgehead atoms. The SMILES string of the molecule is CC(=O)Oc1ccc(C2=NC(=Cc3cccs3)C(=O)O2)cc1. The second kappa shape index (κ2) is 5.95. The molecular weight excluding hydrogens is 302 g/mol. The molecule has 0 fully saturated rings. The summed E-state index contributed by atoms with van der Waals surface area (Å²) in [5, 5.41) is 1.92. The van der Waals surface area contributed by atoms with Crippen molar-refractivity contribution in [1.29, 1.82) is 0 Å². The summed E-state index contributed by atoms with van der Waals surface area (Å²) in [6.07, 6.45) is 1.69. The number of thiophene rings is 1. The van der Waals surface area contributed by atoms with Gasteiger partial charge < -0.3 is 9.47 Å². The zero-order chi connectivity index (χ0) is 15.5. The van der Waals surface area contributed by atoms with Crippen molar-refractivity contribution < 1.29 is 19.1 Å². The highest BCUT2D eigenvalue weighted by Gasteiger charge is 2.24. The predicted molar refractivity (Wildman–Crippen MR) is 82.7 cm³/mol. The minimum Gasteiger partial charge on any atom is -0.427 e. The van der Waals surface area contributed by atoms with Crippen LogP contribution in [0.15, 0.2) is 52.5 Å². The van der Waals surface area contributed by atoms with Crippen LogP contribution in [0.2, 0.25) is 0 Å². The molecule has 6 heteroatoms. The van der Waals surface area contributed by atoms with Crippen molar-refractivity contribution in [2.75, 3.05) is 0 Å². The van der Waals surface area contributed by atoms with E-state index in [0.29, 0.717) is 11.3 Å². The summed E-state index contributed by atoms with van der Waals surface area (Å²) in [7, 11) is 0. The number of hydrogen-bond donors (Lipinski definition) is 0. The maximum absolute atomic E-state index is 11.8. The molecule has 0 saturated carbocycles. The highest BCUT2D eigenvalue weighted by molar-refractivity contribution is 7.10. The van der Waals surface area contributed by atoms with Gasteiger partial charge in [-0.3, -0.25) is 4.79 Å². The Labute approximate surface area is 130 Å². The third-order valence-electron chi connectivity index (χ3n) is 2.81. The fraction of sp³-hybridized carbons (Fsp3) is 0.0625. The number of nitrogens with zero attached hydrogens (tertiary/aromatic N) is 1. The monoisotopic (exact) mass is 313 g/mol.